The van der Waals surface area contributed by atoms with Crippen LogP contribution in [0.25, 0.3) is 16.5 Å². The Morgan fingerprint density at radius 1 is 1.19 bits per heavy atom. The van der Waals surface area contributed by atoms with E-state index in [0.29, 0.717) is 28.5 Å². The number of para-hydroxylation sites is 1. The minimum absolute atomic E-state index is 0.165. The van der Waals surface area contributed by atoms with Gasteiger partial charge in [0.1, 0.15) is 17.3 Å². The topological polar surface area (TPSA) is 102 Å². The second-order valence-corrected chi connectivity index (χ2v) is 7.95. The number of carbonyl (C=O) groups excluding carboxylic acids is 1. The molecule has 158 valence electrons. The van der Waals surface area contributed by atoms with E-state index in [1.807, 2.05) is 48.7 Å². The molecule has 0 bridgehead atoms. The van der Waals surface area contributed by atoms with Crippen molar-refractivity contribution < 1.29 is 9.53 Å². The standard InChI is InChI=1S/C22H21N5O3S/c1-13-7-4-5-8-17(13)30-12-20(28)24-19-11-16(18-9-6-10-31-18)26-27(19)22-23-15(3)14(2)21(29)25-22/h4-11H,12H2,1-3H3,(H,24,28)(H,23,25,29). The van der Waals surface area contributed by atoms with Crippen molar-refractivity contribution in [3.63, 3.8) is 0 Å². The summed E-state index contributed by atoms with van der Waals surface area (Å²) in [6.07, 6.45) is 0. The van der Waals surface area contributed by atoms with E-state index in [2.05, 4.69) is 20.4 Å². The van der Waals surface area contributed by atoms with Gasteiger partial charge >= 0.3 is 0 Å². The van der Waals surface area contributed by atoms with Crippen LogP contribution in [0, 0.1) is 20.8 Å². The monoisotopic (exact) mass is 435 g/mol. The number of hydrogen-bond acceptors (Lipinski definition) is 6. The SMILES string of the molecule is Cc1ccccc1OCC(=O)Nc1cc(-c2cccs2)nn1-c1nc(C)c(C)c(=O)[nH]1. The first-order valence-electron chi connectivity index (χ1n) is 9.62. The van der Waals surface area contributed by atoms with Gasteiger partial charge in [0.2, 0.25) is 5.95 Å². The summed E-state index contributed by atoms with van der Waals surface area (Å²) in [7, 11) is 0. The highest BCUT2D eigenvalue weighted by atomic mass is 32.1. The molecule has 0 saturated heterocycles. The molecule has 0 spiro atoms. The number of H-pyrrole nitrogens is 1. The lowest BCUT2D eigenvalue weighted by atomic mass is 10.2. The van der Waals surface area contributed by atoms with E-state index in [-0.39, 0.29) is 24.0 Å². The van der Waals surface area contributed by atoms with E-state index in [0.717, 1.165) is 10.4 Å². The summed E-state index contributed by atoms with van der Waals surface area (Å²) in [6, 6.07) is 13.1. The quantitative estimate of drug-likeness (QED) is 0.482. The van der Waals surface area contributed by atoms with E-state index in [9.17, 15) is 9.59 Å². The number of amides is 1. The van der Waals surface area contributed by atoms with Crippen LogP contribution < -0.4 is 15.6 Å². The molecule has 0 fully saturated rings. The molecule has 0 atom stereocenters. The summed E-state index contributed by atoms with van der Waals surface area (Å²) in [4.78, 5) is 32.9. The first kappa shape index (κ1) is 20.5. The molecule has 8 nitrogen and oxygen atoms in total. The Hall–Kier alpha value is -3.72. The number of hydrogen-bond donors (Lipinski definition) is 2. The number of thiophene rings is 1. The average molecular weight is 436 g/mol. The number of aryl methyl sites for hydroxylation is 2. The maximum absolute atomic E-state index is 12.6. The maximum Gasteiger partial charge on any atom is 0.263 e. The fraction of sp³-hybridized carbons (Fsp3) is 0.182. The molecule has 0 aliphatic rings. The van der Waals surface area contributed by atoms with Gasteiger partial charge < -0.3 is 10.1 Å². The Kier molecular flexibility index (Phi) is 5.68. The summed E-state index contributed by atoms with van der Waals surface area (Å²) in [5.74, 6) is 0.901. The van der Waals surface area contributed by atoms with E-state index < -0.39 is 0 Å². The van der Waals surface area contributed by atoms with Crippen molar-refractivity contribution in [2.24, 2.45) is 0 Å². The van der Waals surface area contributed by atoms with Crippen LogP contribution in [0.5, 0.6) is 5.75 Å². The van der Waals surface area contributed by atoms with Gasteiger partial charge in [-0.05, 0) is 43.8 Å². The predicted octanol–water partition coefficient (Wildman–Crippen LogP) is 3.63. The van der Waals surface area contributed by atoms with Gasteiger partial charge in [-0.1, -0.05) is 24.3 Å². The number of aromatic amines is 1. The van der Waals surface area contributed by atoms with Gasteiger partial charge in [-0.2, -0.15) is 9.78 Å². The molecular weight excluding hydrogens is 414 g/mol. The third-order valence-corrected chi connectivity index (χ3v) is 5.68. The van der Waals surface area contributed by atoms with E-state index in [1.165, 1.54) is 16.0 Å². The van der Waals surface area contributed by atoms with Gasteiger partial charge in [0.15, 0.2) is 6.61 Å². The van der Waals surface area contributed by atoms with Gasteiger partial charge in [-0.3, -0.25) is 14.6 Å². The predicted molar refractivity (Wildman–Crippen MR) is 120 cm³/mol. The van der Waals surface area contributed by atoms with E-state index in [4.69, 9.17) is 4.74 Å². The first-order chi connectivity index (χ1) is 14.9. The van der Waals surface area contributed by atoms with Crippen molar-refractivity contribution in [2.75, 3.05) is 11.9 Å². The van der Waals surface area contributed by atoms with Gasteiger partial charge in [-0.25, -0.2) is 4.98 Å². The van der Waals surface area contributed by atoms with Crippen LogP contribution in [0.15, 0.2) is 52.6 Å². The highest BCUT2D eigenvalue weighted by Gasteiger charge is 2.17. The van der Waals surface area contributed by atoms with Crippen molar-refractivity contribution in [2.45, 2.75) is 20.8 Å². The first-order valence-corrected chi connectivity index (χ1v) is 10.5. The van der Waals surface area contributed by atoms with Crippen LogP contribution in [-0.2, 0) is 4.79 Å². The summed E-state index contributed by atoms with van der Waals surface area (Å²) in [6.45, 7) is 5.21. The molecule has 0 aliphatic heterocycles. The molecule has 0 unspecified atom stereocenters. The van der Waals surface area contributed by atoms with Gasteiger partial charge in [0.25, 0.3) is 11.5 Å². The van der Waals surface area contributed by atoms with Gasteiger partial charge in [0.05, 0.1) is 4.88 Å². The number of nitrogens with zero attached hydrogens (tertiary/aromatic N) is 3. The lowest BCUT2D eigenvalue weighted by molar-refractivity contribution is -0.118. The largest absolute Gasteiger partial charge is 0.483 e. The molecular formula is C22H21N5O3S. The summed E-state index contributed by atoms with van der Waals surface area (Å²) in [5, 5.41) is 9.32. The molecule has 4 aromatic rings. The highest BCUT2D eigenvalue weighted by molar-refractivity contribution is 7.13. The number of aromatic nitrogens is 4. The number of benzene rings is 1. The third kappa shape index (κ3) is 4.41. The molecule has 3 aromatic heterocycles. The van der Waals surface area contributed by atoms with Crippen molar-refractivity contribution in [1.82, 2.24) is 19.7 Å². The number of nitrogens with one attached hydrogen (secondary N) is 2. The van der Waals surface area contributed by atoms with Crippen LogP contribution in [-0.4, -0.2) is 32.3 Å². The van der Waals surface area contributed by atoms with Crippen molar-refractivity contribution in [3.05, 3.63) is 75.0 Å². The Morgan fingerprint density at radius 3 is 2.71 bits per heavy atom. The minimum Gasteiger partial charge on any atom is -0.483 e. The van der Waals surface area contributed by atoms with E-state index in [1.54, 1.807) is 19.9 Å². The molecule has 0 aliphatic carbocycles. The van der Waals surface area contributed by atoms with Gasteiger partial charge in [0, 0.05) is 17.3 Å². The number of ether oxygens (including phenoxy) is 1. The zero-order valence-corrected chi connectivity index (χ0v) is 18.1. The second kappa shape index (κ2) is 8.57. The van der Waals surface area contributed by atoms with Crippen molar-refractivity contribution in [3.8, 4) is 22.3 Å². The fourth-order valence-corrected chi connectivity index (χ4v) is 3.63. The average Bonchev–Trinajstić information content (AvgIpc) is 3.41. The van der Waals surface area contributed by atoms with Crippen LogP contribution in [0.4, 0.5) is 5.82 Å². The third-order valence-electron chi connectivity index (χ3n) is 4.79. The number of carbonyl (C=O) groups is 1. The fourth-order valence-electron chi connectivity index (χ4n) is 2.95. The second-order valence-electron chi connectivity index (χ2n) is 7.01. The molecule has 0 radical (unpaired) electrons. The van der Waals surface area contributed by atoms with Crippen molar-refractivity contribution >= 4 is 23.1 Å². The lowest BCUT2D eigenvalue weighted by Crippen LogP contribution is -2.24. The zero-order valence-electron chi connectivity index (χ0n) is 17.3. The van der Waals surface area contributed by atoms with Crippen molar-refractivity contribution in [1.29, 1.82) is 0 Å². The summed E-state index contributed by atoms with van der Waals surface area (Å²) >= 11 is 1.52. The molecule has 2 N–H and O–H groups in total. The van der Waals surface area contributed by atoms with E-state index >= 15 is 0 Å². The normalized spacial score (nSPS) is 10.8. The van der Waals surface area contributed by atoms with Crippen LogP contribution in [0.1, 0.15) is 16.8 Å². The Balaban J connectivity index is 1.64. The Morgan fingerprint density at radius 2 is 2.00 bits per heavy atom. The summed E-state index contributed by atoms with van der Waals surface area (Å²) < 4.78 is 7.06. The highest BCUT2D eigenvalue weighted by Crippen LogP contribution is 2.27. The zero-order chi connectivity index (χ0) is 22.0. The van der Waals surface area contributed by atoms with Crippen LogP contribution >= 0.6 is 11.3 Å². The van der Waals surface area contributed by atoms with Crippen LogP contribution in [0.2, 0.25) is 0 Å². The van der Waals surface area contributed by atoms with Gasteiger partial charge in [-0.15, -0.1) is 11.3 Å². The molecule has 31 heavy (non-hydrogen) atoms. The molecule has 4 rings (SSSR count). The molecule has 9 heteroatoms. The lowest BCUT2D eigenvalue weighted by Gasteiger charge is -2.11. The molecule has 1 amide bonds. The summed E-state index contributed by atoms with van der Waals surface area (Å²) in [5.41, 5.74) is 2.47. The molecule has 0 saturated carbocycles. The molecule has 3 heterocycles. The smallest absolute Gasteiger partial charge is 0.263 e. The Labute approximate surface area is 182 Å². The Bertz CT molecular complexity index is 1290. The number of rotatable bonds is 6. The minimum atomic E-state index is -0.353. The van der Waals surface area contributed by atoms with Crippen LogP contribution in [0.3, 0.4) is 0 Å². The molecule has 1 aromatic carbocycles. The number of anilines is 1. The maximum atomic E-state index is 12.6.